The maximum absolute atomic E-state index is 12.5. The summed E-state index contributed by atoms with van der Waals surface area (Å²) in [5.41, 5.74) is 0.531. The number of rotatable bonds is 4. The van der Waals surface area contributed by atoms with Crippen molar-refractivity contribution in [3.63, 3.8) is 0 Å². The second-order valence-electron chi connectivity index (χ2n) is 7.88. The van der Waals surface area contributed by atoms with Gasteiger partial charge in [-0.15, -0.1) is 0 Å². The molecule has 0 saturated carbocycles. The van der Waals surface area contributed by atoms with Gasteiger partial charge in [-0.05, 0) is 39.7 Å². The van der Waals surface area contributed by atoms with Gasteiger partial charge in [0.1, 0.15) is 23.3 Å². The van der Waals surface area contributed by atoms with Gasteiger partial charge >= 0.3 is 6.09 Å². The number of hydrogen-bond donors (Lipinski definition) is 0. The number of carbonyl (C=O) groups is 1. The first-order chi connectivity index (χ1) is 13.7. The van der Waals surface area contributed by atoms with Crippen LogP contribution in [0.25, 0.3) is 0 Å². The fourth-order valence-corrected chi connectivity index (χ4v) is 4.29. The summed E-state index contributed by atoms with van der Waals surface area (Å²) in [6.07, 6.45) is 2.52. The van der Waals surface area contributed by atoms with Gasteiger partial charge in [0.2, 0.25) is 5.88 Å². The highest BCUT2D eigenvalue weighted by Crippen LogP contribution is 2.26. The molecule has 3 heterocycles. The molecule has 0 aliphatic carbocycles. The molecule has 0 spiro atoms. The van der Waals surface area contributed by atoms with E-state index in [-0.39, 0.29) is 18.6 Å². The molecule has 29 heavy (non-hydrogen) atoms. The third-order valence-corrected chi connectivity index (χ3v) is 5.76. The van der Waals surface area contributed by atoms with Gasteiger partial charge in [-0.2, -0.15) is 5.26 Å². The molecule has 0 radical (unpaired) electrons. The summed E-state index contributed by atoms with van der Waals surface area (Å²) in [7, 11) is -1.28. The van der Waals surface area contributed by atoms with Crippen LogP contribution in [-0.4, -0.2) is 50.5 Å². The Labute approximate surface area is 172 Å². The summed E-state index contributed by atoms with van der Waals surface area (Å²) in [6.45, 7) is 6.79. The lowest BCUT2D eigenvalue weighted by atomic mass is 9.98. The lowest BCUT2D eigenvalue weighted by Crippen LogP contribution is -2.43. The van der Waals surface area contributed by atoms with Crippen molar-refractivity contribution in [2.45, 2.75) is 39.2 Å². The van der Waals surface area contributed by atoms with Crippen LogP contribution in [0.15, 0.2) is 34.4 Å². The zero-order valence-electron chi connectivity index (χ0n) is 16.8. The number of amides is 1. The molecule has 1 amide bonds. The van der Waals surface area contributed by atoms with E-state index in [1.54, 1.807) is 22.4 Å². The quantitative estimate of drug-likeness (QED) is 0.747. The van der Waals surface area contributed by atoms with Gasteiger partial charge in [-0.1, -0.05) is 0 Å². The molecular formula is C20H24N4O4S. The Morgan fingerprint density at radius 3 is 2.66 bits per heavy atom. The third-order valence-electron chi connectivity index (χ3n) is 4.43. The minimum atomic E-state index is -1.28. The standard InChI is InChI=1S/C20H24N4O4S/c1-20(2,3)28-19(25)24-8-6-15(7-9-24)18-23-16(13-29(18)26)12-27-17-5-4-14(10-21)11-22-17/h4-5,11,13,15H,6-9,12H2,1-3H3. The summed E-state index contributed by atoms with van der Waals surface area (Å²) in [6, 6.07) is 5.23. The lowest BCUT2D eigenvalue weighted by Gasteiger charge is -2.33. The second kappa shape index (κ2) is 8.74. The van der Waals surface area contributed by atoms with Crippen molar-refractivity contribution in [1.29, 1.82) is 5.26 Å². The highest BCUT2D eigenvalue weighted by Gasteiger charge is 2.32. The van der Waals surface area contributed by atoms with E-state index < -0.39 is 16.4 Å². The number of pyridine rings is 1. The van der Waals surface area contributed by atoms with Crippen molar-refractivity contribution >= 4 is 21.9 Å². The highest BCUT2D eigenvalue weighted by molar-refractivity contribution is 8.03. The average Bonchev–Trinajstić information content (AvgIpc) is 3.06. The molecule has 9 heteroatoms. The van der Waals surface area contributed by atoms with Gasteiger partial charge in [0.25, 0.3) is 0 Å². The minimum absolute atomic E-state index is 0.0660. The fourth-order valence-electron chi connectivity index (χ4n) is 3.03. The maximum Gasteiger partial charge on any atom is 0.410 e. The summed E-state index contributed by atoms with van der Waals surface area (Å²) in [5, 5.41) is 11.0. The molecule has 2 aliphatic heterocycles. The highest BCUT2D eigenvalue weighted by atomic mass is 32.2. The molecule has 1 atom stereocenters. The average molecular weight is 417 g/mol. The van der Waals surface area contributed by atoms with Crippen molar-refractivity contribution in [3.8, 4) is 11.9 Å². The first-order valence-corrected chi connectivity index (χ1v) is 10.6. The Hall–Kier alpha value is -2.73. The normalized spacial score (nSPS) is 19.9. The second-order valence-corrected chi connectivity index (χ2v) is 9.13. The number of piperidine rings is 1. The molecule has 8 nitrogen and oxygen atoms in total. The van der Waals surface area contributed by atoms with Crippen molar-refractivity contribution in [3.05, 3.63) is 35.0 Å². The number of aliphatic imine (C=N–C) groups is 1. The Kier molecular flexibility index (Phi) is 6.33. The van der Waals surface area contributed by atoms with E-state index in [0.717, 1.165) is 0 Å². The van der Waals surface area contributed by atoms with E-state index in [9.17, 15) is 9.00 Å². The number of ether oxygens (including phenoxy) is 2. The molecule has 1 saturated heterocycles. The molecule has 1 aromatic heterocycles. The van der Waals surface area contributed by atoms with E-state index in [0.29, 0.717) is 48.1 Å². The van der Waals surface area contributed by atoms with Crippen LogP contribution >= 0.6 is 0 Å². The van der Waals surface area contributed by atoms with Crippen LogP contribution in [0.1, 0.15) is 39.2 Å². The first-order valence-electron chi connectivity index (χ1n) is 9.42. The zero-order valence-corrected chi connectivity index (χ0v) is 17.6. The third kappa shape index (κ3) is 5.64. The molecule has 154 valence electrons. The Morgan fingerprint density at radius 1 is 1.34 bits per heavy atom. The predicted molar refractivity (Wildman–Crippen MR) is 109 cm³/mol. The fraction of sp³-hybridized carbons (Fsp3) is 0.500. The molecule has 0 bridgehead atoms. The monoisotopic (exact) mass is 416 g/mol. The summed E-state index contributed by atoms with van der Waals surface area (Å²) in [5.74, 6) is 0.446. The van der Waals surface area contributed by atoms with Crippen molar-refractivity contribution < 1.29 is 18.5 Å². The maximum atomic E-state index is 12.5. The summed E-state index contributed by atoms with van der Waals surface area (Å²) >= 11 is 0. The molecule has 1 fully saturated rings. The van der Waals surface area contributed by atoms with Crippen LogP contribution in [0.4, 0.5) is 4.79 Å². The Morgan fingerprint density at radius 2 is 2.07 bits per heavy atom. The van der Waals surface area contributed by atoms with Gasteiger partial charge in [0, 0.05) is 36.7 Å². The van der Waals surface area contributed by atoms with Gasteiger partial charge in [0.05, 0.1) is 22.1 Å². The van der Waals surface area contributed by atoms with E-state index in [1.807, 2.05) is 26.8 Å². The molecule has 2 aliphatic rings. The smallest absolute Gasteiger partial charge is 0.410 e. The zero-order chi connectivity index (χ0) is 21.0. The van der Waals surface area contributed by atoms with Gasteiger partial charge < -0.3 is 14.4 Å². The number of carbonyl (C=O) groups excluding carboxylic acids is 1. The van der Waals surface area contributed by atoms with Gasteiger partial charge in [0.15, 0.2) is 0 Å². The van der Waals surface area contributed by atoms with Gasteiger partial charge in [-0.3, -0.25) is 0 Å². The molecule has 0 N–H and O–H groups in total. The van der Waals surface area contributed by atoms with Crippen molar-refractivity contribution in [1.82, 2.24) is 9.88 Å². The Bertz CT molecular complexity index is 889. The number of hydrogen-bond acceptors (Lipinski definition) is 7. The summed E-state index contributed by atoms with van der Waals surface area (Å²) in [4.78, 5) is 22.4. The van der Waals surface area contributed by atoms with Crippen LogP contribution in [0.5, 0.6) is 5.88 Å². The van der Waals surface area contributed by atoms with Crippen molar-refractivity contribution in [2.75, 3.05) is 19.7 Å². The first kappa shape index (κ1) is 21.0. The SMILES string of the molecule is CC(C)(C)OC(=O)N1CCC(C2=NC(COc3ccc(C#N)cn3)=CS2=O)CC1. The van der Waals surface area contributed by atoms with E-state index in [1.165, 1.54) is 6.20 Å². The lowest BCUT2D eigenvalue weighted by molar-refractivity contribution is 0.0202. The van der Waals surface area contributed by atoms with Crippen LogP contribution in [-0.2, 0) is 15.5 Å². The number of nitriles is 1. The van der Waals surface area contributed by atoms with Gasteiger partial charge in [-0.25, -0.2) is 19.0 Å². The van der Waals surface area contributed by atoms with Crippen LogP contribution in [0, 0.1) is 17.2 Å². The summed E-state index contributed by atoms with van der Waals surface area (Å²) < 4.78 is 23.5. The topological polar surface area (TPSA) is 105 Å². The molecule has 1 aromatic rings. The van der Waals surface area contributed by atoms with E-state index in [4.69, 9.17) is 14.7 Å². The molecule has 3 rings (SSSR count). The number of nitrogens with zero attached hydrogens (tertiary/aromatic N) is 4. The number of likely N-dealkylation sites (tertiary alicyclic amines) is 1. The predicted octanol–water partition coefficient (Wildman–Crippen LogP) is 2.98. The largest absolute Gasteiger partial charge is 0.471 e. The molecular weight excluding hydrogens is 392 g/mol. The van der Waals surface area contributed by atoms with Crippen LogP contribution < -0.4 is 4.74 Å². The molecule has 0 aromatic carbocycles. The number of aromatic nitrogens is 1. The Balaban J connectivity index is 1.52. The van der Waals surface area contributed by atoms with Crippen molar-refractivity contribution in [2.24, 2.45) is 10.9 Å². The van der Waals surface area contributed by atoms with E-state index >= 15 is 0 Å². The van der Waals surface area contributed by atoms with Crippen LogP contribution in [0.3, 0.4) is 0 Å². The minimum Gasteiger partial charge on any atom is -0.471 e. The van der Waals surface area contributed by atoms with E-state index in [2.05, 4.69) is 9.98 Å². The van der Waals surface area contributed by atoms with Crippen LogP contribution in [0.2, 0.25) is 0 Å². The molecule has 1 unspecified atom stereocenters.